The van der Waals surface area contributed by atoms with Crippen molar-refractivity contribution in [1.29, 1.82) is 0 Å². The normalized spacial score (nSPS) is 24.6. The van der Waals surface area contributed by atoms with Gasteiger partial charge in [-0.2, -0.15) is 4.98 Å². The molecule has 3 aromatic rings. The van der Waals surface area contributed by atoms with E-state index in [1.54, 1.807) is 6.26 Å². The molecule has 1 unspecified atom stereocenters. The minimum Gasteiger partial charge on any atom is -0.459 e. The van der Waals surface area contributed by atoms with Gasteiger partial charge in [0.1, 0.15) is 0 Å². The van der Waals surface area contributed by atoms with Crippen molar-refractivity contribution in [2.24, 2.45) is 5.92 Å². The Hall–Kier alpha value is -2.51. The number of pyridine rings is 1. The van der Waals surface area contributed by atoms with Gasteiger partial charge in [-0.15, -0.1) is 0 Å². The molecule has 3 aromatic heterocycles. The minimum atomic E-state index is 0.435. The summed E-state index contributed by atoms with van der Waals surface area (Å²) >= 11 is 0. The van der Waals surface area contributed by atoms with Crippen LogP contribution in [0.25, 0.3) is 11.7 Å². The van der Waals surface area contributed by atoms with E-state index in [-0.39, 0.29) is 0 Å². The molecule has 0 aromatic carbocycles. The molecule has 27 heavy (non-hydrogen) atoms. The molecule has 3 aliphatic rings. The molecule has 0 spiro atoms. The Labute approximate surface area is 158 Å². The van der Waals surface area contributed by atoms with Crippen LogP contribution < -0.4 is 0 Å². The quantitative estimate of drug-likeness (QED) is 0.665. The molecule has 1 atom stereocenters. The summed E-state index contributed by atoms with van der Waals surface area (Å²) in [5.41, 5.74) is 1.21. The number of hydrogen-bond acceptors (Lipinski definition) is 7. The van der Waals surface area contributed by atoms with E-state index in [9.17, 15) is 0 Å². The zero-order valence-corrected chi connectivity index (χ0v) is 15.2. The highest BCUT2D eigenvalue weighted by Gasteiger charge is 2.37. The van der Waals surface area contributed by atoms with Crippen LogP contribution in [0.1, 0.15) is 24.2 Å². The maximum atomic E-state index is 5.41. The number of rotatable bonds is 6. The summed E-state index contributed by atoms with van der Waals surface area (Å²) in [6.07, 6.45) is 7.92. The fourth-order valence-electron chi connectivity index (χ4n) is 4.36. The SMILES string of the molecule is c1cncc(CN(Cc2noc(-c3ccco3)n2)C2CN3CCC2CC3)c1. The van der Waals surface area contributed by atoms with Crippen LogP contribution >= 0.6 is 0 Å². The van der Waals surface area contributed by atoms with Gasteiger partial charge in [0.05, 0.1) is 12.8 Å². The van der Waals surface area contributed by atoms with Crippen LogP contribution in [-0.4, -0.2) is 50.6 Å². The van der Waals surface area contributed by atoms with Crippen molar-refractivity contribution in [3.8, 4) is 11.7 Å². The number of furan rings is 1. The summed E-state index contributed by atoms with van der Waals surface area (Å²) in [7, 11) is 0. The van der Waals surface area contributed by atoms with E-state index in [1.807, 2.05) is 30.6 Å². The van der Waals surface area contributed by atoms with E-state index in [1.165, 1.54) is 31.5 Å². The van der Waals surface area contributed by atoms with Crippen molar-refractivity contribution in [3.63, 3.8) is 0 Å². The third-order valence-corrected chi connectivity index (χ3v) is 5.74. The van der Waals surface area contributed by atoms with Crippen LogP contribution in [0.15, 0.2) is 51.9 Å². The zero-order valence-electron chi connectivity index (χ0n) is 15.2. The monoisotopic (exact) mass is 365 g/mol. The molecular formula is C20H23N5O2. The lowest BCUT2D eigenvalue weighted by molar-refractivity contribution is -0.00395. The molecule has 6 heterocycles. The maximum absolute atomic E-state index is 5.41. The van der Waals surface area contributed by atoms with Crippen molar-refractivity contribution in [2.75, 3.05) is 19.6 Å². The van der Waals surface area contributed by atoms with Gasteiger partial charge in [-0.3, -0.25) is 9.88 Å². The Kier molecular flexibility index (Phi) is 4.47. The van der Waals surface area contributed by atoms with E-state index >= 15 is 0 Å². The molecule has 0 aliphatic carbocycles. The highest BCUT2D eigenvalue weighted by molar-refractivity contribution is 5.42. The lowest BCUT2D eigenvalue weighted by Crippen LogP contribution is -2.56. The molecule has 6 rings (SSSR count). The van der Waals surface area contributed by atoms with E-state index < -0.39 is 0 Å². The summed E-state index contributed by atoms with van der Waals surface area (Å²) in [5.74, 6) is 2.48. The first-order valence-electron chi connectivity index (χ1n) is 9.57. The largest absolute Gasteiger partial charge is 0.459 e. The fourth-order valence-corrected chi connectivity index (χ4v) is 4.36. The van der Waals surface area contributed by atoms with E-state index in [4.69, 9.17) is 8.94 Å². The molecule has 140 valence electrons. The predicted octanol–water partition coefficient (Wildman–Crippen LogP) is 2.82. The number of hydrogen-bond donors (Lipinski definition) is 0. The molecule has 0 saturated carbocycles. The Morgan fingerprint density at radius 1 is 1.15 bits per heavy atom. The molecular weight excluding hydrogens is 342 g/mol. The van der Waals surface area contributed by atoms with Crippen LogP contribution in [-0.2, 0) is 13.1 Å². The third kappa shape index (κ3) is 3.52. The number of aromatic nitrogens is 3. The lowest BCUT2D eigenvalue weighted by atomic mass is 9.83. The van der Waals surface area contributed by atoms with Crippen LogP contribution in [0.5, 0.6) is 0 Å². The summed E-state index contributed by atoms with van der Waals surface area (Å²) in [6.45, 7) is 5.08. The molecule has 3 saturated heterocycles. The molecule has 2 bridgehead atoms. The fraction of sp³-hybridized carbons (Fsp3) is 0.450. The second kappa shape index (κ2) is 7.25. The van der Waals surface area contributed by atoms with Crippen LogP contribution in [0.3, 0.4) is 0 Å². The average Bonchev–Trinajstić information content (AvgIpc) is 3.41. The first-order chi connectivity index (χ1) is 13.3. The van der Waals surface area contributed by atoms with Gasteiger partial charge in [0.2, 0.25) is 0 Å². The van der Waals surface area contributed by atoms with E-state index in [2.05, 4.69) is 31.0 Å². The molecule has 0 N–H and O–H groups in total. The van der Waals surface area contributed by atoms with Crippen LogP contribution in [0.4, 0.5) is 0 Å². The summed E-state index contributed by atoms with van der Waals surface area (Å²) in [5, 5.41) is 4.19. The Morgan fingerprint density at radius 2 is 2.07 bits per heavy atom. The van der Waals surface area contributed by atoms with Gasteiger partial charge in [0.25, 0.3) is 5.89 Å². The first kappa shape index (κ1) is 16.6. The molecule has 0 amide bonds. The Bertz CT molecular complexity index is 856. The number of piperidine rings is 3. The average molecular weight is 365 g/mol. The molecule has 3 fully saturated rings. The Balaban J connectivity index is 1.38. The second-order valence-corrected chi connectivity index (χ2v) is 7.46. The standard InChI is InChI=1S/C20H23N5O2/c1-3-15(11-21-7-1)12-25(17-13-24-8-5-16(17)6-9-24)14-19-22-20(27-23-19)18-4-2-10-26-18/h1-4,7,10-11,16-17H,5-6,8-9,12-14H2. The molecule has 7 nitrogen and oxygen atoms in total. The smallest absolute Gasteiger partial charge is 0.293 e. The lowest BCUT2D eigenvalue weighted by Gasteiger charge is -2.49. The van der Waals surface area contributed by atoms with Crippen LogP contribution in [0.2, 0.25) is 0 Å². The van der Waals surface area contributed by atoms with Crippen molar-refractivity contribution < 1.29 is 8.94 Å². The summed E-state index contributed by atoms with van der Waals surface area (Å²) < 4.78 is 10.8. The van der Waals surface area contributed by atoms with Gasteiger partial charge in [0.15, 0.2) is 11.6 Å². The van der Waals surface area contributed by atoms with Gasteiger partial charge in [-0.05, 0) is 55.6 Å². The zero-order chi connectivity index (χ0) is 18.1. The summed E-state index contributed by atoms with van der Waals surface area (Å²) in [6, 6.07) is 8.29. The highest BCUT2D eigenvalue weighted by Crippen LogP contribution is 2.32. The van der Waals surface area contributed by atoms with Crippen molar-refractivity contribution in [2.45, 2.75) is 32.0 Å². The van der Waals surface area contributed by atoms with Crippen molar-refractivity contribution in [1.82, 2.24) is 24.9 Å². The number of fused-ring (bicyclic) bond motifs is 3. The predicted molar refractivity (Wildman–Crippen MR) is 98.4 cm³/mol. The first-order valence-corrected chi connectivity index (χ1v) is 9.57. The van der Waals surface area contributed by atoms with Gasteiger partial charge in [-0.1, -0.05) is 11.2 Å². The van der Waals surface area contributed by atoms with E-state index in [0.29, 0.717) is 30.1 Å². The van der Waals surface area contributed by atoms with Gasteiger partial charge in [0, 0.05) is 31.5 Å². The maximum Gasteiger partial charge on any atom is 0.293 e. The van der Waals surface area contributed by atoms with Crippen molar-refractivity contribution >= 4 is 0 Å². The van der Waals surface area contributed by atoms with E-state index in [0.717, 1.165) is 19.0 Å². The second-order valence-electron chi connectivity index (χ2n) is 7.46. The highest BCUT2D eigenvalue weighted by atomic mass is 16.5. The number of nitrogens with zero attached hydrogens (tertiary/aromatic N) is 5. The topological polar surface area (TPSA) is 71.4 Å². The molecule has 7 heteroatoms. The minimum absolute atomic E-state index is 0.435. The van der Waals surface area contributed by atoms with Gasteiger partial charge >= 0.3 is 0 Å². The summed E-state index contributed by atoms with van der Waals surface area (Å²) in [4.78, 5) is 13.9. The molecule has 0 radical (unpaired) electrons. The van der Waals surface area contributed by atoms with Gasteiger partial charge < -0.3 is 13.8 Å². The molecule has 3 aliphatic heterocycles. The van der Waals surface area contributed by atoms with Crippen molar-refractivity contribution in [3.05, 3.63) is 54.3 Å². The Morgan fingerprint density at radius 3 is 2.78 bits per heavy atom. The third-order valence-electron chi connectivity index (χ3n) is 5.74. The van der Waals surface area contributed by atoms with Crippen LogP contribution in [0, 0.1) is 5.92 Å². The van der Waals surface area contributed by atoms with Gasteiger partial charge in [-0.25, -0.2) is 0 Å².